The van der Waals surface area contributed by atoms with Crippen LogP contribution in [0.5, 0.6) is 0 Å². The van der Waals surface area contributed by atoms with Crippen LogP contribution in [0.3, 0.4) is 0 Å². The highest BCUT2D eigenvalue weighted by atomic mass is 35.5. The minimum Gasteiger partial charge on any atom is -0.370 e. The first kappa shape index (κ1) is 20.7. The summed E-state index contributed by atoms with van der Waals surface area (Å²) in [5.41, 5.74) is 4.21. The van der Waals surface area contributed by atoms with E-state index in [9.17, 15) is 4.39 Å². The molecule has 1 fully saturated rings. The van der Waals surface area contributed by atoms with Crippen molar-refractivity contribution in [2.45, 2.75) is 20.0 Å². The zero-order valence-electron chi connectivity index (χ0n) is 17.7. The molecule has 0 aliphatic carbocycles. The topological polar surface area (TPSA) is 64.0 Å². The second kappa shape index (κ2) is 8.41. The average Bonchev–Trinajstić information content (AvgIpc) is 2.78. The average molecular weight is 450 g/mol. The van der Waals surface area contributed by atoms with Gasteiger partial charge in [-0.05, 0) is 61.9 Å². The van der Waals surface area contributed by atoms with E-state index in [1.165, 1.54) is 6.07 Å². The van der Waals surface area contributed by atoms with E-state index in [1.807, 2.05) is 38.1 Å². The van der Waals surface area contributed by atoms with Crippen LogP contribution in [0.4, 0.5) is 10.3 Å². The fourth-order valence-electron chi connectivity index (χ4n) is 3.92. The van der Waals surface area contributed by atoms with Gasteiger partial charge in [0.15, 0.2) is 5.65 Å². The van der Waals surface area contributed by atoms with E-state index in [-0.39, 0.29) is 6.10 Å². The second-order valence-corrected chi connectivity index (χ2v) is 8.29. The highest BCUT2D eigenvalue weighted by molar-refractivity contribution is 6.30. The molecule has 4 aromatic rings. The molecule has 0 saturated carbocycles. The first-order chi connectivity index (χ1) is 15.5. The van der Waals surface area contributed by atoms with Gasteiger partial charge in [-0.15, -0.1) is 0 Å². The summed E-state index contributed by atoms with van der Waals surface area (Å²) in [5, 5.41) is 1.03. The lowest BCUT2D eigenvalue weighted by Crippen LogP contribution is -2.39. The number of hydrogen-bond donors (Lipinski definition) is 0. The van der Waals surface area contributed by atoms with Gasteiger partial charge in [0, 0.05) is 40.1 Å². The number of nitrogens with zero attached hydrogens (tertiary/aromatic N) is 5. The molecule has 0 spiro atoms. The van der Waals surface area contributed by atoms with Crippen LogP contribution in [-0.2, 0) is 4.74 Å². The Balaban J connectivity index is 1.59. The fraction of sp³-hybridized carbons (Fsp3) is 0.250. The van der Waals surface area contributed by atoms with E-state index in [0.29, 0.717) is 53.0 Å². The van der Waals surface area contributed by atoms with E-state index < -0.39 is 5.82 Å². The first-order valence-corrected chi connectivity index (χ1v) is 10.8. The third kappa shape index (κ3) is 4.01. The smallest absolute Gasteiger partial charge is 0.228 e. The Hall–Kier alpha value is -3.16. The number of anilines is 1. The number of aryl methyl sites for hydroxylation is 2. The van der Waals surface area contributed by atoms with Crippen LogP contribution in [-0.4, -0.2) is 39.6 Å². The van der Waals surface area contributed by atoms with Gasteiger partial charge in [-0.3, -0.25) is 4.98 Å². The lowest BCUT2D eigenvalue weighted by molar-refractivity contribution is 0.0391. The molecular formula is C24H21ClFN5O. The van der Waals surface area contributed by atoms with Crippen molar-refractivity contribution in [3.8, 4) is 11.3 Å². The van der Waals surface area contributed by atoms with Crippen molar-refractivity contribution in [3.05, 3.63) is 76.5 Å². The summed E-state index contributed by atoms with van der Waals surface area (Å²) in [5.74, 6) is 0.0650. The van der Waals surface area contributed by atoms with Crippen LogP contribution < -0.4 is 4.90 Å². The predicted octanol–water partition coefficient (Wildman–Crippen LogP) is 5.07. The molecule has 1 atom stereocenters. The summed E-state index contributed by atoms with van der Waals surface area (Å²) in [4.78, 5) is 20.4. The second-order valence-electron chi connectivity index (χ2n) is 7.86. The Kier molecular flexibility index (Phi) is 5.45. The number of aromatic nitrogens is 4. The molecular weight excluding hydrogens is 429 g/mol. The standard InChI is InChI=1S/C24H21ClFN5O/c1-14-3-5-19-22(18-6-4-17(25)12-20(18)26)29-24(30-23(19)28-14)31-9-10-32-21(13-31)16-7-8-27-15(2)11-16/h3-8,11-12,21H,9-10,13H2,1-2H3/t21-/m0/s1. The number of ether oxygens (including phenoxy) is 1. The molecule has 3 aromatic heterocycles. The largest absolute Gasteiger partial charge is 0.370 e. The van der Waals surface area contributed by atoms with Crippen LogP contribution in [0.15, 0.2) is 48.7 Å². The maximum absolute atomic E-state index is 14.8. The summed E-state index contributed by atoms with van der Waals surface area (Å²) in [6, 6.07) is 12.3. The lowest BCUT2D eigenvalue weighted by atomic mass is 10.1. The monoisotopic (exact) mass is 449 g/mol. The minimum absolute atomic E-state index is 0.133. The van der Waals surface area contributed by atoms with E-state index in [1.54, 1.807) is 18.3 Å². The number of halogens is 2. The van der Waals surface area contributed by atoms with Crippen molar-refractivity contribution in [3.63, 3.8) is 0 Å². The normalized spacial score (nSPS) is 16.5. The molecule has 32 heavy (non-hydrogen) atoms. The molecule has 4 heterocycles. The Morgan fingerprint density at radius 2 is 1.91 bits per heavy atom. The molecule has 0 N–H and O–H groups in total. The van der Waals surface area contributed by atoms with Gasteiger partial charge < -0.3 is 9.64 Å². The van der Waals surface area contributed by atoms with Gasteiger partial charge in [-0.25, -0.2) is 14.4 Å². The Bertz CT molecular complexity index is 1320. The number of hydrogen-bond acceptors (Lipinski definition) is 6. The summed E-state index contributed by atoms with van der Waals surface area (Å²) < 4.78 is 20.8. The van der Waals surface area contributed by atoms with E-state index in [2.05, 4.69) is 14.9 Å². The van der Waals surface area contributed by atoms with Gasteiger partial charge in [-0.1, -0.05) is 11.6 Å². The van der Waals surface area contributed by atoms with E-state index in [4.69, 9.17) is 26.3 Å². The van der Waals surface area contributed by atoms with Gasteiger partial charge in [0.05, 0.1) is 18.8 Å². The van der Waals surface area contributed by atoms with Crippen LogP contribution in [0, 0.1) is 19.7 Å². The summed E-state index contributed by atoms with van der Waals surface area (Å²) in [6.07, 6.45) is 1.65. The van der Waals surface area contributed by atoms with Gasteiger partial charge in [-0.2, -0.15) is 4.98 Å². The number of pyridine rings is 2. The molecule has 1 aromatic carbocycles. The Morgan fingerprint density at radius 1 is 1.03 bits per heavy atom. The number of rotatable bonds is 3. The number of morpholine rings is 1. The van der Waals surface area contributed by atoms with Gasteiger partial charge >= 0.3 is 0 Å². The molecule has 6 nitrogen and oxygen atoms in total. The van der Waals surface area contributed by atoms with Crippen molar-refractivity contribution in [2.75, 3.05) is 24.6 Å². The first-order valence-electron chi connectivity index (χ1n) is 10.4. The number of benzene rings is 1. The van der Waals surface area contributed by atoms with Crippen molar-refractivity contribution in [1.29, 1.82) is 0 Å². The minimum atomic E-state index is -0.434. The summed E-state index contributed by atoms with van der Waals surface area (Å²) in [7, 11) is 0. The molecule has 5 rings (SSSR count). The summed E-state index contributed by atoms with van der Waals surface area (Å²) in [6.45, 7) is 5.58. The van der Waals surface area contributed by atoms with E-state index in [0.717, 1.165) is 17.0 Å². The fourth-order valence-corrected chi connectivity index (χ4v) is 4.08. The molecule has 8 heteroatoms. The van der Waals surface area contributed by atoms with Crippen molar-refractivity contribution in [1.82, 2.24) is 19.9 Å². The highest BCUT2D eigenvalue weighted by Gasteiger charge is 2.26. The van der Waals surface area contributed by atoms with Crippen molar-refractivity contribution < 1.29 is 9.13 Å². The summed E-state index contributed by atoms with van der Waals surface area (Å²) >= 11 is 5.97. The third-order valence-electron chi connectivity index (χ3n) is 5.52. The predicted molar refractivity (Wildman–Crippen MR) is 122 cm³/mol. The SMILES string of the molecule is Cc1cc([C@@H]2CN(c3nc(-c4ccc(Cl)cc4F)c4ccc(C)nc4n3)CCO2)ccn1. The quantitative estimate of drug-likeness (QED) is 0.435. The Labute approximate surface area is 190 Å². The molecule has 1 saturated heterocycles. The van der Waals surface area contributed by atoms with Gasteiger partial charge in [0.1, 0.15) is 11.9 Å². The van der Waals surface area contributed by atoms with Crippen LogP contribution in [0.2, 0.25) is 5.02 Å². The maximum Gasteiger partial charge on any atom is 0.228 e. The van der Waals surface area contributed by atoms with Crippen LogP contribution >= 0.6 is 11.6 Å². The van der Waals surface area contributed by atoms with Crippen LogP contribution in [0.1, 0.15) is 23.1 Å². The van der Waals surface area contributed by atoms with Crippen molar-refractivity contribution >= 4 is 28.6 Å². The van der Waals surface area contributed by atoms with E-state index >= 15 is 0 Å². The molecule has 0 bridgehead atoms. The van der Waals surface area contributed by atoms with Gasteiger partial charge in [0.2, 0.25) is 5.95 Å². The molecule has 1 aliphatic rings. The van der Waals surface area contributed by atoms with Crippen LogP contribution in [0.25, 0.3) is 22.3 Å². The third-order valence-corrected chi connectivity index (χ3v) is 5.75. The van der Waals surface area contributed by atoms with Gasteiger partial charge in [0.25, 0.3) is 0 Å². The lowest BCUT2D eigenvalue weighted by Gasteiger charge is -2.33. The maximum atomic E-state index is 14.8. The molecule has 0 unspecified atom stereocenters. The number of fused-ring (bicyclic) bond motifs is 1. The zero-order valence-corrected chi connectivity index (χ0v) is 18.5. The molecule has 0 radical (unpaired) electrons. The van der Waals surface area contributed by atoms with Crippen molar-refractivity contribution in [2.24, 2.45) is 0 Å². The molecule has 1 aliphatic heterocycles. The highest BCUT2D eigenvalue weighted by Crippen LogP contribution is 2.32. The molecule has 162 valence electrons. The zero-order chi connectivity index (χ0) is 22.2. The Morgan fingerprint density at radius 3 is 2.72 bits per heavy atom. The molecule has 0 amide bonds.